The second kappa shape index (κ2) is 8.85. The Kier molecular flexibility index (Phi) is 6.82. The van der Waals surface area contributed by atoms with E-state index in [1.807, 2.05) is 6.07 Å². The van der Waals surface area contributed by atoms with Crippen molar-refractivity contribution in [1.29, 1.82) is 0 Å². The molecular formula is C17H20Cl2N4O. The van der Waals surface area contributed by atoms with Crippen LogP contribution in [-0.2, 0) is 6.42 Å². The summed E-state index contributed by atoms with van der Waals surface area (Å²) in [5.41, 5.74) is 1.22. The van der Waals surface area contributed by atoms with Gasteiger partial charge in [0.15, 0.2) is 5.69 Å². The molecule has 1 amide bonds. The molecule has 0 saturated carbocycles. The summed E-state index contributed by atoms with van der Waals surface area (Å²) in [6, 6.07) is 8.72. The fraction of sp³-hybridized carbons (Fsp3) is 0.353. The summed E-state index contributed by atoms with van der Waals surface area (Å²) in [7, 11) is 0. The molecule has 0 spiro atoms. The minimum Gasteiger partial charge on any atom is -0.368 e. The van der Waals surface area contributed by atoms with Gasteiger partial charge in [0.05, 0.1) is 0 Å². The molecule has 2 rings (SSSR count). The summed E-state index contributed by atoms with van der Waals surface area (Å²) in [5, 5.41) is 15.1. The molecule has 128 valence electrons. The highest BCUT2D eigenvalue weighted by atomic mass is 35.5. The summed E-state index contributed by atoms with van der Waals surface area (Å²) in [4.78, 5) is 12.1. The Bertz CT molecular complexity index is 689. The first kappa shape index (κ1) is 18.5. The molecule has 0 radical (unpaired) electrons. The van der Waals surface area contributed by atoms with E-state index in [4.69, 9.17) is 23.2 Å². The lowest BCUT2D eigenvalue weighted by Gasteiger charge is -2.08. The predicted molar refractivity (Wildman–Crippen MR) is 97.9 cm³/mol. The molecule has 5 nitrogen and oxygen atoms in total. The third-order valence-corrected chi connectivity index (χ3v) is 3.87. The largest absolute Gasteiger partial charge is 0.368 e. The monoisotopic (exact) mass is 366 g/mol. The van der Waals surface area contributed by atoms with Crippen molar-refractivity contribution in [3.63, 3.8) is 0 Å². The van der Waals surface area contributed by atoms with Crippen LogP contribution >= 0.6 is 23.2 Å². The van der Waals surface area contributed by atoms with Gasteiger partial charge in [0.25, 0.3) is 5.91 Å². The molecule has 0 bridgehead atoms. The summed E-state index contributed by atoms with van der Waals surface area (Å²) in [6.45, 7) is 5.47. The smallest absolute Gasteiger partial charge is 0.271 e. The van der Waals surface area contributed by atoms with Crippen molar-refractivity contribution in [2.24, 2.45) is 5.92 Å². The first-order chi connectivity index (χ1) is 11.5. The van der Waals surface area contributed by atoms with Gasteiger partial charge in [-0.15, -0.1) is 10.2 Å². The first-order valence-corrected chi connectivity index (χ1v) is 8.51. The van der Waals surface area contributed by atoms with Crippen LogP contribution in [0.25, 0.3) is 0 Å². The third kappa shape index (κ3) is 5.65. The summed E-state index contributed by atoms with van der Waals surface area (Å²) >= 11 is 12.0. The van der Waals surface area contributed by atoms with Crippen LogP contribution in [0.2, 0.25) is 10.0 Å². The molecule has 1 aromatic carbocycles. The molecule has 1 aromatic heterocycles. The molecule has 0 atom stereocenters. The molecule has 2 aromatic rings. The molecule has 24 heavy (non-hydrogen) atoms. The standard InChI is InChI=1S/C17H20Cl2N4O/c1-11(2)10-21-16-6-5-15(22-23-16)17(24)20-8-7-12-3-4-13(18)9-14(12)19/h3-6,9,11H,7-8,10H2,1-2H3,(H,20,24)(H,21,23). The van der Waals surface area contributed by atoms with E-state index in [9.17, 15) is 4.79 Å². The molecule has 7 heteroatoms. The van der Waals surface area contributed by atoms with Gasteiger partial charge in [-0.2, -0.15) is 0 Å². The maximum absolute atomic E-state index is 12.1. The third-order valence-electron chi connectivity index (χ3n) is 3.28. The molecule has 0 saturated heterocycles. The van der Waals surface area contributed by atoms with Crippen molar-refractivity contribution >= 4 is 34.9 Å². The Labute approximate surface area is 151 Å². The van der Waals surface area contributed by atoms with Crippen molar-refractivity contribution in [1.82, 2.24) is 15.5 Å². The Morgan fingerprint density at radius 1 is 1.17 bits per heavy atom. The number of nitrogens with zero attached hydrogens (tertiary/aromatic N) is 2. The topological polar surface area (TPSA) is 66.9 Å². The number of benzene rings is 1. The zero-order chi connectivity index (χ0) is 17.5. The van der Waals surface area contributed by atoms with E-state index in [1.54, 1.807) is 24.3 Å². The summed E-state index contributed by atoms with van der Waals surface area (Å²) < 4.78 is 0. The van der Waals surface area contributed by atoms with Gasteiger partial charge in [0.1, 0.15) is 5.82 Å². The zero-order valence-corrected chi connectivity index (χ0v) is 15.2. The van der Waals surface area contributed by atoms with Gasteiger partial charge in [-0.25, -0.2) is 0 Å². The van der Waals surface area contributed by atoms with Crippen LogP contribution in [-0.4, -0.2) is 29.2 Å². The average molecular weight is 367 g/mol. The normalized spacial score (nSPS) is 10.7. The summed E-state index contributed by atoms with van der Waals surface area (Å²) in [6.07, 6.45) is 0.614. The van der Waals surface area contributed by atoms with Crippen LogP contribution in [0.3, 0.4) is 0 Å². The predicted octanol–water partition coefficient (Wildman–Crippen LogP) is 3.82. The van der Waals surface area contributed by atoms with Gasteiger partial charge in [-0.05, 0) is 42.2 Å². The number of halogens is 2. The van der Waals surface area contributed by atoms with E-state index in [0.29, 0.717) is 34.7 Å². The number of carbonyl (C=O) groups excluding carboxylic acids is 1. The number of aromatic nitrogens is 2. The Morgan fingerprint density at radius 3 is 2.58 bits per heavy atom. The van der Waals surface area contributed by atoms with Crippen LogP contribution in [0.15, 0.2) is 30.3 Å². The van der Waals surface area contributed by atoms with Crippen molar-refractivity contribution in [3.8, 4) is 0 Å². The minimum absolute atomic E-state index is 0.261. The highest BCUT2D eigenvalue weighted by Gasteiger charge is 2.09. The van der Waals surface area contributed by atoms with E-state index < -0.39 is 0 Å². The van der Waals surface area contributed by atoms with Crippen LogP contribution < -0.4 is 10.6 Å². The minimum atomic E-state index is -0.261. The quantitative estimate of drug-likeness (QED) is 0.781. The second-order valence-corrected chi connectivity index (χ2v) is 6.66. The van der Waals surface area contributed by atoms with E-state index in [1.165, 1.54) is 0 Å². The van der Waals surface area contributed by atoms with Gasteiger partial charge < -0.3 is 10.6 Å². The van der Waals surface area contributed by atoms with Crippen LogP contribution in [0.5, 0.6) is 0 Å². The van der Waals surface area contributed by atoms with Gasteiger partial charge in [-0.3, -0.25) is 4.79 Å². The molecule has 0 aliphatic carbocycles. The van der Waals surface area contributed by atoms with Gasteiger partial charge in [0.2, 0.25) is 0 Å². The van der Waals surface area contributed by atoms with Crippen LogP contribution in [0.1, 0.15) is 29.9 Å². The molecule has 0 fully saturated rings. The van der Waals surface area contributed by atoms with Gasteiger partial charge >= 0.3 is 0 Å². The molecule has 1 heterocycles. The lowest BCUT2D eigenvalue weighted by Crippen LogP contribution is -2.27. The Balaban J connectivity index is 1.83. The SMILES string of the molecule is CC(C)CNc1ccc(C(=O)NCCc2ccc(Cl)cc2Cl)nn1. The Morgan fingerprint density at radius 2 is 1.96 bits per heavy atom. The van der Waals surface area contributed by atoms with Gasteiger partial charge in [0, 0.05) is 23.1 Å². The summed E-state index contributed by atoms with van der Waals surface area (Å²) in [5.74, 6) is 0.908. The van der Waals surface area contributed by atoms with Crippen molar-refractivity contribution in [3.05, 3.63) is 51.6 Å². The van der Waals surface area contributed by atoms with Crippen molar-refractivity contribution < 1.29 is 4.79 Å². The highest BCUT2D eigenvalue weighted by Crippen LogP contribution is 2.21. The number of rotatable bonds is 7. The molecule has 2 N–H and O–H groups in total. The maximum Gasteiger partial charge on any atom is 0.271 e. The molecule has 0 unspecified atom stereocenters. The highest BCUT2D eigenvalue weighted by molar-refractivity contribution is 6.35. The number of hydrogen-bond acceptors (Lipinski definition) is 4. The van der Waals surface area contributed by atoms with E-state index in [2.05, 4.69) is 34.7 Å². The average Bonchev–Trinajstić information content (AvgIpc) is 2.55. The Hall–Kier alpha value is -1.85. The van der Waals surface area contributed by atoms with Crippen molar-refractivity contribution in [2.45, 2.75) is 20.3 Å². The second-order valence-electron chi connectivity index (χ2n) is 5.82. The van der Waals surface area contributed by atoms with E-state index in [-0.39, 0.29) is 11.6 Å². The van der Waals surface area contributed by atoms with Crippen LogP contribution in [0.4, 0.5) is 5.82 Å². The van der Waals surface area contributed by atoms with Gasteiger partial charge in [-0.1, -0.05) is 43.1 Å². The number of carbonyl (C=O) groups is 1. The number of amides is 1. The first-order valence-electron chi connectivity index (χ1n) is 7.75. The lowest BCUT2D eigenvalue weighted by molar-refractivity contribution is 0.0948. The fourth-order valence-electron chi connectivity index (χ4n) is 1.98. The van der Waals surface area contributed by atoms with Crippen LogP contribution in [0, 0.1) is 5.92 Å². The zero-order valence-electron chi connectivity index (χ0n) is 13.6. The number of anilines is 1. The van der Waals surface area contributed by atoms with E-state index >= 15 is 0 Å². The number of hydrogen-bond donors (Lipinski definition) is 2. The lowest BCUT2D eigenvalue weighted by atomic mass is 10.1. The molecular weight excluding hydrogens is 347 g/mol. The van der Waals surface area contributed by atoms with Crippen molar-refractivity contribution in [2.75, 3.05) is 18.4 Å². The molecule has 0 aliphatic heterocycles. The number of nitrogens with one attached hydrogen (secondary N) is 2. The maximum atomic E-state index is 12.1. The fourth-order valence-corrected chi connectivity index (χ4v) is 2.49. The molecule has 0 aliphatic rings. The van der Waals surface area contributed by atoms with E-state index in [0.717, 1.165) is 12.1 Å².